The molecular formula is C38H41N3O4. The van der Waals surface area contributed by atoms with Crippen LogP contribution in [0.2, 0.25) is 0 Å². The minimum atomic E-state index is -0.690. The third-order valence-electron chi connectivity index (χ3n) is 8.22. The van der Waals surface area contributed by atoms with E-state index in [1.54, 1.807) is 0 Å². The minimum Gasteiger partial charge on any atom is -0.396 e. The van der Waals surface area contributed by atoms with Gasteiger partial charge >= 0.3 is 0 Å². The van der Waals surface area contributed by atoms with E-state index in [1.807, 2.05) is 48.5 Å². The van der Waals surface area contributed by atoms with Gasteiger partial charge in [-0.3, -0.25) is 4.90 Å². The Morgan fingerprint density at radius 1 is 0.800 bits per heavy atom. The molecule has 1 aliphatic rings. The number of aliphatic hydroxyl groups is 1. The van der Waals surface area contributed by atoms with Crippen molar-refractivity contribution in [2.75, 3.05) is 46.6 Å². The number of hydrogen-bond donors (Lipinski definition) is 1. The van der Waals surface area contributed by atoms with E-state index < -0.39 is 11.7 Å². The molecule has 7 heteroatoms. The van der Waals surface area contributed by atoms with Crippen LogP contribution in [0.3, 0.4) is 0 Å². The van der Waals surface area contributed by atoms with Crippen LogP contribution in [-0.4, -0.2) is 66.2 Å². The second-order valence-corrected chi connectivity index (χ2v) is 11.9. The van der Waals surface area contributed by atoms with E-state index in [2.05, 4.69) is 89.3 Å². The first-order valence-electron chi connectivity index (χ1n) is 15.5. The molecule has 2 heterocycles. The number of benzene rings is 4. The summed E-state index contributed by atoms with van der Waals surface area (Å²) in [6.45, 7) is 3.64. The molecule has 0 amide bonds. The van der Waals surface area contributed by atoms with E-state index in [0.717, 1.165) is 41.2 Å². The molecule has 1 saturated heterocycles. The lowest BCUT2D eigenvalue weighted by Crippen LogP contribution is -2.46. The molecule has 0 spiro atoms. The third kappa shape index (κ3) is 7.59. The molecule has 0 radical (unpaired) electrons. The highest BCUT2D eigenvalue weighted by atomic mass is 16.7. The Kier molecular flexibility index (Phi) is 10.1. The maximum Gasteiger partial charge on any atom is 0.217 e. The van der Waals surface area contributed by atoms with Gasteiger partial charge in [0.2, 0.25) is 6.29 Å². The Labute approximate surface area is 265 Å². The molecule has 0 bridgehead atoms. The summed E-state index contributed by atoms with van der Waals surface area (Å²) in [5, 5.41) is 10.4. The average Bonchev–Trinajstić information content (AvgIpc) is 3.47. The second kappa shape index (κ2) is 14.8. The summed E-state index contributed by atoms with van der Waals surface area (Å²) < 4.78 is 21.1. The number of ether oxygens (including phenoxy) is 3. The molecule has 6 rings (SSSR count). The van der Waals surface area contributed by atoms with Crippen LogP contribution in [0.15, 0.2) is 121 Å². The van der Waals surface area contributed by atoms with Crippen molar-refractivity contribution in [2.45, 2.75) is 19.4 Å². The summed E-state index contributed by atoms with van der Waals surface area (Å²) in [7, 11) is 2.08. The van der Waals surface area contributed by atoms with Crippen molar-refractivity contribution in [1.82, 2.24) is 14.5 Å². The van der Waals surface area contributed by atoms with Gasteiger partial charge in [0.15, 0.2) is 5.82 Å². The van der Waals surface area contributed by atoms with Crippen LogP contribution in [0.1, 0.15) is 23.2 Å². The highest BCUT2D eigenvalue weighted by Crippen LogP contribution is 2.38. The lowest BCUT2D eigenvalue weighted by molar-refractivity contribution is -0.254. The highest BCUT2D eigenvalue weighted by molar-refractivity contribution is 5.79. The molecule has 1 aliphatic heterocycles. The number of rotatable bonds is 13. The van der Waals surface area contributed by atoms with Gasteiger partial charge in [-0.15, -0.1) is 0 Å². The first kappa shape index (κ1) is 30.9. The molecular weight excluding hydrogens is 562 g/mol. The Morgan fingerprint density at radius 2 is 1.36 bits per heavy atom. The predicted octanol–water partition coefficient (Wildman–Crippen LogP) is 6.44. The Bertz CT molecular complexity index is 1600. The van der Waals surface area contributed by atoms with Gasteiger partial charge in [-0.1, -0.05) is 121 Å². The smallest absolute Gasteiger partial charge is 0.217 e. The second-order valence-electron chi connectivity index (χ2n) is 11.9. The van der Waals surface area contributed by atoms with Gasteiger partial charge in [0.1, 0.15) is 0 Å². The quantitative estimate of drug-likeness (QED) is 0.156. The van der Waals surface area contributed by atoms with Crippen LogP contribution in [-0.2, 0) is 27.3 Å². The molecule has 7 nitrogen and oxygen atoms in total. The van der Waals surface area contributed by atoms with Crippen molar-refractivity contribution in [3.8, 4) is 22.5 Å². The summed E-state index contributed by atoms with van der Waals surface area (Å²) in [5.74, 6) is 0.701. The molecule has 1 N–H and O–H groups in total. The van der Waals surface area contributed by atoms with E-state index in [-0.39, 0.29) is 6.61 Å². The fourth-order valence-electron chi connectivity index (χ4n) is 5.71. The van der Waals surface area contributed by atoms with Gasteiger partial charge in [-0.25, -0.2) is 4.98 Å². The Balaban J connectivity index is 1.20. The fourth-order valence-corrected chi connectivity index (χ4v) is 5.71. The standard InChI is InChI=1S/C38H41N3O4/c1-40(24-30-14-6-2-7-15-30)22-23-43-27-38(26-42)28-44-37(45-29-38)36-39-34(32-18-10-4-11-19-32)35(33-20-12-5-13-21-33)41(36)25-31-16-8-3-9-17-31/h2-21,37,42H,22-29H2,1H3. The van der Waals surface area contributed by atoms with E-state index in [0.29, 0.717) is 38.8 Å². The van der Waals surface area contributed by atoms with Crippen LogP contribution < -0.4 is 0 Å². The van der Waals surface area contributed by atoms with E-state index in [9.17, 15) is 5.11 Å². The number of aromatic nitrogens is 2. The van der Waals surface area contributed by atoms with Crippen molar-refractivity contribution in [2.24, 2.45) is 5.41 Å². The molecule has 0 atom stereocenters. The SMILES string of the molecule is CN(CCOCC1(CO)COC(c2nc(-c3ccccc3)c(-c3ccccc3)n2Cc2ccccc2)OC1)Cc1ccccc1. The Hall–Kier alpha value is -4.11. The number of imidazole rings is 1. The molecule has 45 heavy (non-hydrogen) atoms. The maximum absolute atomic E-state index is 10.4. The largest absolute Gasteiger partial charge is 0.396 e. The summed E-state index contributed by atoms with van der Waals surface area (Å²) >= 11 is 0. The topological polar surface area (TPSA) is 69.0 Å². The number of aliphatic hydroxyl groups excluding tert-OH is 1. The molecule has 4 aromatic carbocycles. The molecule has 1 fully saturated rings. The van der Waals surface area contributed by atoms with E-state index in [1.165, 1.54) is 5.56 Å². The molecule has 0 aliphatic carbocycles. The van der Waals surface area contributed by atoms with Crippen LogP contribution in [0.25, 0.3) is 22.5 Å². The van der Waals surface area contributed by atoms with Crippen molar-refractivity contribution >= 4 is 0 Å². The summed E-state index contributed by atoms with van der Waals surface area (Å²) in [4.78, 5) is 7.42. The normalized spacial score (nSPS) is 18.3. The van der Waals surface area contributed by atoms with Gasteiger partial charge in [-0.05, 0) is 18.2 Å². The Morgan fingerprint density at radius 3 is 1.96 bits per heavy atom. The lowest BCUT2D eigenvalue weighted by atomic mass is 9.91. The number of hydrogen-bond acceptors (Lipinski definition) is 6. The van der Waals surface area contributed by atoms with Crippen LogP contribution in [0, 0.1) is 5.41 Å². The number of likely N-dealkylation sites (N-methyl/N-ethyl adjacent to an activating group) is 1. The van der Waals surface area contributed by atoms with Crippen molar-refractivity contribution in [3.05, 3.63) is 138 Å². The zero-order valence-electron chi connectivity index (χ0n) is 25.8. The fraction of sp³-hybridized carbons (Fsp3) is 0.289. The van der Waals surface area contributed by atoms with E-state index >= 15 is 0 Å². The first-order chi connectivity index (χ1) is 22.1. The van der Waals surface area contributed by atoms with Crippen LogP contribution in [0.4, 0.5) is 0 Å². The number of nitrogens with zero attached hydrogens (tertiary/aromatic N) is 3. The van der Waals surface area contributed by atoms with Gasteiger partial charge in [0.25, 0.3) is 0 Å². The average molecular weight is 604 g/mol. The first-order valence-corrected chi connectivity index (χ1v) is 15.5. The van der Waals surface area contributed by atoms with Crippen molar-refractivity contribution in [3.63, 3.8) is 0 Å². The summed E-state index contributed by atoms with van der Waals surface area (Å²) in [6.07, 6.45) is -0.690. The van der Waals surface area contributed by atoms with Crippen molar-refractivity contribution < 1.29 is 19.3 Å². The molecule has 232 valence electrons. The molecule has 0 saturated carbocycles. The molecule has 0 unspecified atom stereocenters. The monoisotopic (exact) mass is 603 g/mol. The molecule has 5 aromatic rings. The highest BCUT2D eigenvalue weighted by Gasteiger charge is 2.40. The summed E-state index contributed by atoms with van der Waals surface area (Å²) in [5.41, 5.74) is 5.75. The van der Waals surface area contributed by atoms with Crippen LogP contribution >= 0.6 is 0 Å². The van der Waals surface area contributed by atoms with Gasteiger partial charge in [0.05, 0.1) is 49.8 Å². The maximum atomic E-state index is 10.4. The van der Waals surface area contributed by atoms with Gasteiger partial charge < -0.3 is 23.9 Å². The van der Waals surface area contributed by atoms with Crippen LogP contribution in [0.5, 0.6) is 0 Å². The summed E-state index contributed by atoms with van der Waals surface area (Å²) in [6, 6.07) is 41.3. The van der Waals surface area contributed by atoms with Gasteiger partial charge in [-0.2, -0.15) is 0 Å². The van der Waals surface area contributed by atoms with Gasteiger partial charge in [0, 0.05) is 30.8 Å². The van der Waals surface area contributed by atoms with E-state index in [4.69, 9.17) is 19.2 Å². The zero-order valence-corrected chi connectivity index (χ0v) is 25.8. The minimum absolute atomic E-state index is 0.0947. The zero-order chi connectivity index (χ0) is 30.9. The predicted molar refractivity (Wildman–Crippen MR) is 176 cm³/mol. The van der Waals surface area contributed by atoms with Crippen molar-refractivity contribution in [1.29, 1.82) is 0 Å². The third-order valence-corrected chi connectivity index (χ3v) is 8.22. The lowest BCUT2D eigenvalue weighted by Gasteiger charge is -2.38. The molecule has 1 aromatic heterocycles.